The highest BCUT2D eigenvalue weighted by Gasteiger charge is 2.68. The number of carbonyl (C=O) groups is 2. The van der Waals surface area contributed by atoms with Crippen LogP contribution in [0.25, 0.3) is 0 Å². The number of nitrogens with zero attached hydrogens (tertiary/aromatic N) is 3. The monoisotopic (exact) mass is 616 g/mol. The number of nitrogens with one attached hydrogen (secondary N) is 4. The molecule has 0 saturated carbocycles. The van der Waals surface area contributed by atoms with Crippen LogP contribution in [0.3, 0.4) is 0 Å². The number of aliphatic imine (C=N–C) groups is 1. The molecule has 1 aromatic carbocycles. The number of hydrogen-bond donors (Lipinski definition) is 7. The maximum atomic E-state index is 13.6. The van der Waals surface area contributed by atoms with Crippen molar-refractivity contribution in [3.63, 3.8) is 0 Å². The number of carbonyl (C=O) groups excluding carboxylic acids is 2. The van der Waals surface area contributed by atoms with Crippen LogP contribution in [-0.2, 0) is 11.6 Å². The van der Waals surface area contributed by atoms with Gasteiger partial charge in [0.15, 0.2) is 12.0 Å². The Balaban J connectivity index is 1.20. The molecule has 9 N–H and O–H groups in total. The van der Waals surface area contributed by atoms with Gasteiger partial charge in [0.05, 0.1) is 23.8 Å². The van der Waals surface area contributed by atoms with E-state index in [-0.39, 0.29) is 36.1 Å². The van der Waals surface area contributed by atoms with Crippen molar-refractivity contribution < 1.29 is 37.6 Å². The number of hydrogen-bond acceptors (Lipinski definition) is 10. The smallest absolute Gasteiger partial charge is 0.417 e. The molecule has 2 unspecified atom stereocenters. The summed E-state index contributed by atoms with van der Waals surface area (Å²) in [5.41, 5.74) is 11.1. The topological polar surface area (TPSA) is 194 Å². The summed E-state index contributed by atoms with van der Waals surface area (Å²) in [6.07, 6.45) is -4.44. The highest BCUT2D eigenvalue weighted by molar-refractivity contribution is 5.98. The molecule has 4 aliphatic rings. The minimum atomic E-state index is -4.58. The maximum absolute atomic E-state index is 13.6. The van der Waals surface area contributed by atoms with Gasteiger partial charge in [-0.1, -0.05) is 26.0 Å². The van der Waals surface area contributed by atoms with Gasteiger partial charge in [0, 0.05) is 24.8 Å². The number of pyridine rings is 1. The molecule has 2 amide bonds. The summed E-state index contributed by atoms with van der Waals surface area (Å²) in [4.78, 5) is 39.1. The summed E-state index contributed by atoms with van der Waals surface area (Å²) >= 11 is 0. The first-order valence-corrected chi connectivity index (χ1v) is 14.1. The molecule has 0 bridgehead atoms. The molecule has 1 spiro atoms. The van der Waals surface area contributed by atoms with Crippen LogP contribution in [0.15, 0.2) is 41.5 Å². The minimum absolute atomic E-state index is 0.0372. The van der Waals surface area contributed by atoms with Crippen LogP contribution in [0.5, 0.6) is 5.75 Å². The van der Waals surface area contributed by atoms with Crippen LogP contribution >= 0.6 is 0 Å². The van der Waals surface area contributed by atoms with Crippen molar-refractivity contribution in [3.05, 3.63) is 58.9 Å². The molecule has 4 aliphatic heterocycles. The Morgan fingerprint density at radius 3 is 2.70 bits per heavy atom. The molecule has 1 fully saturated rings. The molecular weight excluding hydrogens is 583 g/mol. The molecular formula is C28H33F3N9O4+. The first kappa shape index (κ1) is 29.5. The number of para-hydroxylation sites is 1. The Hall–Kier alpha value is -4.60. The molecule has 2 aromatic rings. The predicted molar refractivity (Wildman–Crippen MR) is 150 cm³/mol. The largest absolute Gasteiger partial charge is 0.492 e. The van der Waals surface area contributed by atoms with Crippen molar-refractivity contribution in [2.24, 2.45) is 16.5 Å². The molecule has 1 saturated heterocycles. The third-order valence-electron chi connectivity index (χ3n) is 8.81. The average molecular weight is 617 g/mol. The first-order chi connectivity index (χ1) is 20.7. The van der Waals surface area contributed by atoms with Gasteiger partial charge in [-0.05, 0) is 30.0 Å². The van der Waals surface area contributed by atoms with E-state index in [0.717, 1.165) is 24.1 Å². The second-order valence-electron chi connectivity index (χ2n) is 12.0. The van der Waals surface area contributed by atoms with Gasteiger partial charge in [-0.25, -0.2) is 10.3 Å². The Morgan fingerprint density at radius 2 is 2.00 bits per heavy atom. The Morgan fingerprint density at radius 1 is 1.23 bits per heavy atom. The Bertz CT molecular complexity index is 1560. The van der Waals surface area contributed by atoms with Crippen molar-refractivity contribution in [3.8, 4) is 5.75 Å². The number of guanidine groups is 2. The van der Waals surface area contributed by atoms with Gasteiger partial charge < -0.3 is 31.1 Å². The van der Waals surface area contributed by atoms with E-state index in [9.17, 15) is 27.9 Å². The number of ether oxygens (including phenoxy) is 1. The van der Waals surface area contributed by atoms with Crippen LogP contribution in [0, 0.1) is 0 Å². The molecule has 0 radical (unpaired) electrons. The van der Waals surface area contributed by atoms with Crippen molar-refractivity contribution >= 4 is 23.7 Å². The van der Waals surface area contributed by atoms with Crippen molar-refractivity contribution in [2.45, 2.75) is 61.8 Å². The second kappa shape index (κ2) is 10.2. The van der Waals surface area contributed by atoms with Crippen molar-refractivity contribution in [2.75, 3.05) is 19.7 Å². The lowest BCUT2D eigenvalue weighted by Crippen LogP contribution is -2.88. The fourth-order valence-electron chi connectivity index (χ4n) is 6.47. The Kier molecular flexibility index (Phi) is 6.86. The van der Waals surface area contributed by atoms with E-state index in [1.165, 1.54) is 0 Å². The number of aliphatic hydroxyl groups excluding tert-OH is 1. The van der Waals surface area contributed by atoms with Crippen molar-refractivity contribution in [1.29, 1.82) is 0 Å². The molecule has 44 heavy (non-hydrogen) atoms. The van der Waals surface area contributed by atoms with E-state index in [0.29, 0.717) is 24.1 Å². The summed E-state index contributed by atoms with van der Waals surface area (Å²) < 4.78 is 44.5. The molecule has 5 heterocycles. The first-order valence-electron chi connectivity index (χ1n) is 14.1. The fourth-order valence-corrected chi connectivity index (χ4v) is 6.47. The second-order valence-corrected chi connectivity index (χ2v) is 12.0. The number of amides is 2. The molecule has 0 aliphatic carbocycles. The van der Waals surface area contributed by atoms with E-state index in [1.807, 2.05) is 6.07 Å². The highest BCUT2D eigenvalue weighted by Crippen LogP contribution is 2.41. The third kappa shape index (κ3) is 4.73. The summed E-state index contributed by atoms with van der Waals surface area (Å²) in [5, 5.41) is 20.3. The van der Waals surface area contributed by atoms with Gasteiger partial charge in [-0.2, -0.15) is 13.2 Å². The number of fused-ring (bicyclic) bond motifs is 1. The predicted octanol–water partition coefficient (Wildman–Crippen LogP) is -1.87. The van der Waals surface area contributed by atoms with Gasteiger partial charge in [0.1, 0.15) is 23.6 Å². The fraction of sp³-hybridized carbons (Fsp3) is 0.464. The van der Waals surface area contributed by atoms with E-state index in [1.54, 1.807) is 17.0 Å². The molecule has 13 nitrogen and oxygen atoms in total. The number of halogens is 3. The summed E-state index contributed by atoms with van der Waals surface area (Å²) in [7, 11) is 0. The van der Waals surface area contributed by atoms with Crippen LogP contribution in [0.1, 0.15) is 52.2 Å². The van der Waals surface area contributed by atoms with Crippen molar-refractivity contribution in [1.82, 2.24) is 25.8 Å². The number of benzene rings is 1. The normalized spacial score (nSPS) is 28.4. The lowest BCUT2D eigenvalue weighted by atomic mass is 9.79. The zero-order valence-electron chi connectivity index (χ0n) is 23.9. The molecule has 234 valence electrons. The van der Waals surface area contributed by atoms with Crippen LogP contribution in [0.2, 0.25) is 0 Å². The number of rotatable bonds is 5. The van der Waals surface area contributed by atoms with Gasteiger partial charge in [0.2, 0.25) is 5.66 Å². The number of alkyl halides is 3. The summed E-state index contributed by atoms with van der Waals surface area (Å²) in [5.74, 6) is -0.469. The SMILES string of the molecule is CC1(C)CCOc2c(C(=O)NC3CN4C(N)=N[C@@H](CNC(=O)c5ccc(C(F)(F)F)cn5)[C@@H]5[NH+]=C(N)NC54[C@@H]3O)cccc21. The van der Waals surface area contributed by atoms with Gasteiger partial charge in [-0.15, -0.1) is 0 Å². The summed E-state index contributed by atoms with van der Waals surface area (Å²) in [6, 6.07) is 4.87. The maximum Gasteiger partial charge on any atom is 0.417 e. The minimum Gasteiger partial charge on any atom is -0.492 e. The van der Waals surface area contributed by atoms with E-state index >= 15 is 0 Å². The third-order valence-corrected chi connectivity index (χ3v) is 8.81. The van der Waals surface area contributed by atoms with Crippen LogP contribution in [0.4, 0.5) is 13.2 Å². The molecule has 16 heteroatoms. The van der Waals surface area contributed by atoms with E-state index < -0.39 is 53.4 Å². The average Bonchev–Trinajstić information content (AvgIpc) is 3.46. The number of aliphatic hydroxyl groups is 1. The number of nitrogens with two attached hydrogens (primary N) is 2. The van der Waals surface area contributed by atoms with E-state index in [4.69, 9.17) is 16.2 Å². The Labute approximate surface area is 249 Å². The zero-order chi connectivity index (χ0) is 31.6. The lowest BCUT2D eigenvalue weighted by molar-refractivity contribution is -0.513. The van der Waals surface area contributed by atoms with Gasteiger partial charge >= 0.3 is 12.1 Å². The van der Waals surface area contributed by atoms with Gasteiger partial charge in [-0.3, -0.25) is 25.3 Å². The quantitative estimate of drug-likeness (QED) is 0.201. The lowest BCUT2D eigenvalue weighted by Gasteiger charge is -2.43. The zero-order valence-corrected chi connectivity index (χ0v) is 23.9. The molecule has 5 atom stereocenters. The summed E-state index contributed by atoms with van der Waals surface area (Å²) in [6.45, 7) is 4.64. The highest BCUT2D eigenvalue weighted by atomic mass is 19.4. The van der Waals surface area contributed by atoms with Crippen LogP contribution < -0.4 is 37.1 Å². The van der Waals surface area contributed by atoms with Gasteiger partial charge in [0.25, 0.3) is 11.8 Å². The molecule has 1 aromatic heterocycles. The standard InChI is InChI=1S/C28H32F3N9O4/c1-26(2)8-9-44-19-14(4-3-5-15(19)26)22(42)36-18-12-40-25(33)37-17(20-27(40,21(18)41)39-24(32)38-20)11-35-23(43)16-7-6-13(10-34-16)28(29,30)31/h3-7,10,17-18,20-21,41H,8-9,11-12H2,1-2H3,(H2,33,37)(H,35,43)(H,36,42)(H3,32,38,39)/p+1/t17-,18?,20-,21+,27?/m0/s1. The number of aromatic nitrogens is 1. The van der Waals surface area contributed by atoms with Crippen LogP contribution in [-0.4, -0.2) is 88.3 Å². The molecule has 6 rings (SSSR count). The van der Waals surface area contributed by atoms with E-state index in [2.05, 4.69) is 44.8 Å².